The Morgan fingerprint density at radius 1 is 0.509 bits per heavy atom. The Bertz CT molecular complexity index is 2860. The molecule has 2 aromatic carbocycles. The van der Waals surface area contributed by atoms with E-state index in [1.54, 1.807) is 0 Å². The number of H-pyrrole nitrogens is 1. The number of hydrogen-bond acceptors (Lipinski definition) is 4. The average molecular weight is 753 g/mol. The number of benzene rings is 2. The number of rotatable bonds is 11. The van der Waals surface area contributed by atoms with E-state index in [4.69, 9.17) is 8.83 Å². The van der Waals surface area contributed by atoms with Crippen LogP contribution < -0.4 is 30.1 Å². The van der Waals surface area contributed by atoms with E-state index in [1.807, 2.05) is 97.1 Å². The molecule has 0 unspecified atom stereocenters. The van der Waals surface area contributed by atoms with E-state index in [9.17, 15) is 0 Å². The normalized spacial score (nSPS) is 11.7. The molecule has 6 aromatic heterocycles. The Balaban J connectivity index is 0.924. The lowest BCUT2D eigenvalue weighted by molar-refractivity contribution is -0.697. The Morgan fingerprint density at radius 3 is 1.37 bits per heavy atom. The van der Waals surface area contributed by atoms with Crippen molar-refractivity contribution in [1.82, 2.24) is 9.13 Å². The molecule has 0 amide bonds. The fraction of sp³-hybridized carbons (Fsp3) is 0.191. The third-order valence-corrected chi connectivity index (χ3v) is 9.67. The smallest absolute Gasteiger partial charge is 0.321 e. The maximum Gasteiger partial charge on any atom is 0.321 e. The average Bonchev–Trinajstić information content (AvgIpc) is 3.80. The predicted molar refractivity (Wildman–Crippen MR) is 214 cm³/mol. The zero-order valence-corrected chi connectivity index (χ0v) is 32.0. The zero-order chi connectivity index (χ0) is 38.7. The summed E-state index contributed by atoms with van der Waals surface area (Å²) < 4.78 is 23.1. The van der Waals surface area contributed by atoms with Gasteiger partial charge in [0.2, 0.25) is 0 Å². The van der Waals surface area contributed by atoms with E-state index in [0.29, 0.717) is 11.4 Å². The van der Waals surface area contributed by atoms with Crippen molar-refractivity contribution in [2.24, 2.45) is 17.3 Å². The van der Waals surface area contributed by atoms with Gasteiger partial charge in [0.25, 0.3) is 0 Å². The highest BCUT2D eigenvalue weighted by atomic mass is 16.4. The molecular formula is C47H44N8O2+4. The first-order valence-corrected chi connectivity index (χ1v) is 19.3. The van der Waals surface area contributed by atoms with Gasteiger partial charge in [-0.3, -0.25) is 9.13 Å². The highest BCUT2D eigenvalue weighted by Gasteiger charge is 2.11. The summed E-state index contributed by atoms with van der Waals surface area (Å²) in [6, 6.07) is 32.3. The van der Waals surface area contributed by atoms with E-state index in [2.05, 4.69) is 118 Å². The first-order valence-electron chi connectivity index (χ1n) is 19.3. The number of aryl methyl sites for hydroxylation is 5. The summed E-state index contributed by atoms with van der Waals surface area (Å²) in [6.45, 7) is 3.26. The highest BCUT2D eigenvalue weighted by molar-refractivity contribution is 5.73. The minimum Gasteiger partial charge on any atom is -0.422 e. The number of aromatic amines is 1. The lowest BCUT2D eigenvalue weighted by Gasteiger charge is -2.03. The first kappa shape index (κ1) is 36.7. The molecule has 0 bridgehead atoms. The molecule has 0 atom stereocenters. The van der Waals surface area contributed by atoms with Crippen LogP contribution in [0.3, 0.4) is 0 Å². The van der Waals surface area contributed by atoms with Gasteiger partial charge in [0, 0.05) is 96.7 Å². The van der Waals surface area contributed by atoms with Crippen LogP contribution in [0, 0.1) is 23.7 Å². The Kier molecular flexibility index (Phi) is 11.5. The van der Waals surface area contributed by atoms with Gasteiger partial charge in [0.15, 0.2) is 60.7 Å². The second-order valence-electron chi connectivity index (χ2n) is 13.8. The minimum absolute atomic E-state index is 0.442. The molecule has 0 fully saturated rings. The monoisotopic (exact) mass is 752 g/mol. The van der Waals surface area contributed by atoms with Gasteiger partial charge in [-0.1, -0.05) is 58.2 Å². The van der Waals surface area contributed by atoms with Crippen LogP contribution in [-0.4, -0.2) is 9.13 Å². The van der Waals surface area contributed by atoms with Crippen molar-refractivity contribution in [3.63, 3.8) is 0 Å². The second kappa shape index (κ2) is 17.9. The molecule has 0 aliphatic heterocycles. The number of nitrogens with zero attached hydrogens (tertiary/aromatic N) is 7. The summed E-state index contributed by atoms with van der Waals surface area (Å²) in [4.78, 5) is 3.03. The lowest BCUT2D eigenvalue weighted by atomic mass is 10.2. The van der Waals surface area contributed by atoms with Gasteiger partial charge >= 0.3 is 11.4 Å². The molecule has 6 heterocycles. The third kappa shape index (κ3) is 9.51. The largest absolute Gasteiger partial charge is 0.422 e. The molecule has 0 aliphatic carbocycles. The summed E-state index contributed by atoms with van der Waals surface area (Å²) in [5.41, 5.74) is 8.35. The summed E-state index contributed by atoms with van der Waals surface area (Å²) in [6.07, 6.45) is 20.0. The number of pyridine rings is 4. The Hall–Kier alpha value is -7.30. The summed E-state index contributed by atoms with van der Waals surface area (Å²) in [5.74, 6) is 12.9. The number of nitrogens with one attached hydrogen (secondary N) is 1. The van der Waals surface area contributed by atoms with Crippen molar-refractivity contribution >= 4 is 22.2 Å². The minimum atomic E-state index is 0.442. The number of aromatic nitrogens is 6. The van der Waals surface area contributed by atoms with Crippen LogP contribution in [0.15, 0.2) is 166 Å². The van der Waals surface area contributed by atoms with Crippen LogP contribution in [0.2, 0.25) is 0 Å². The van der Waals surface area contributed by atoms with Crippen LogP contribution >= 0.6 is 0 Å². The second-order valence-corrected chi connectivity index (χ2v) is 13.8. The molecule has 280 valence electrons. The van der Waals surface area contributed by atoms with Crippen molar-refractivity contribution in [3.05, 3.63) is 180 Å². The molecule has 10 nitrogen and oxygen atoms in total. The molecule has 8 aromatic rings. The van der Waals surface area contributed by atoms with E-state index >= 15 is 0 Å². The number of fused-ring (bicyclic) bond motifs is 2. The quantitative estimate of drug-likeness (QED) is 0.0791. The molecule has 57 heavy (non-hydrogen) atoms. The molecule has 0 spiro atoms. The molecule has 10 heteroatoms. The molecule has 0 aliphatic rings. The van der Waals surface area contributed by atoms with Crippen LogP contribution in [0.4, 0.5) is 0 Å². The van der Waals surface area contributed by atoms with E-state index in [-0.39, 0.29) is 0 Å². The summed E-state index contributed by atoms with van der Waals surface area (Å²) in [7, 11) is 2.00. The van der Waals surface area contributed by atoms with Gasteiger partial charge in [-0.05, 0) is 37.1 Å². The van der Waals surface area contributed by atoms with Crippen LogP contribution in [0.5, 0.6) is 0 Å². The van der Waals surface area contributed by atoms with Gasteiger partial charge in [-0.25, -0.2) is 18.7 Å². The van der Waals surface area contributed by atoms with Crippen LogP contribution in [0.25, 0.3) is 22.2 Å². The van der Waals surface area contributed by atoms with Gasteiger partial charge in [0.05, 0.1) is 11.0 Å². The fourth-order valence-corrected chi connectivity index (χ4v) is 6.56. The first-order chi connectivity index (χ1) is 28.1. The van der Waals surface area contributed by atoms with Crippen molar-refractivity contribution in [2.75, 3.05) is 0 Å². The van der Waals surface area contributed by atoms with Gasteiger partial charge < -0.3 is 8.83 Å². The molecule has 1 N–H and O–H groups in total. The number of unbranched alkanes of at least 4 members (excludes halogenated alkanes) is 2. The summed E-state index contributed by atoms with van der Waals surface area (Å²) >= 11 is 0. The maximum atomic E-state index is 6.24. The van der Waals surface area contributed by atoms with E-state index in [0.717, 1.165) is 96.3 Å². The Morgan fingerprint density at radius 2 is 0.912 bits per heavy atom. The third-order valence-electron chi connectivity index (χ3n) is 9.67. The predicted octanol–water partition coefficient (Wildman–Crippen LogP) is 5.17. The SMILES string of the molecule is C[n+]1ccc(C#Cc2cc[n+](CCCCn3/c(=N/N=c4\oc5ccccc5n4CCCC[n+]4ccc(C#Cc5cc[nH+]cc5)cc4)oc4ccccc43)cc2)cc1. The van der Waals surface area contributed by atoms with Crippen molar-refractivity contribution in [3.8, 4) is 23.7 Å². The highest BCUT2D eigenvalue weighted by Crippen LogP contribution is 2.14. The molecule has 0 saturated carbocycles. The van der Waals surface area contributed by atoms with Crippen molar-refractivity contribution in [2.45, 2.75) is 51.9 Å². The zero-order valence-electron chi connectivity index (χ0n) is 32.0. The van der Waals surface area contributed by atoms with E-state index < -0.39 is 0 Å². The van der Waals surface area contributed by atoms with Crippen LogP contribution in [-0.2, 0) is 33.2 Å². The lowest BCUT2D eigenvalue weighted by Crippen LogP contribution is -2.32. The maximum absolute atomic E-state index is 6.24. The molecule has 0 saturated heterocycles. The van der Waals surface area contributed by atoms with Gasteiger partial charge in [-0.2, -0.15) is 0 Å². The van der Waals surface area contributed by atoms with Crippen LogP contribution in [0.1, 0.15) is 47.9 Å². The van der Waals surface area contributed by atoms with Crippen molar-refractivity contribution < 1.29 is 27.5 Å². The standard InChI is InChI=1S/C47H43N8O2/c1-51-32-20-39(21-33-51)16-17-41-24-36-53(37-25-41)29-7-9-31-55-43-11-3-5-13-45(43)57-47(55)50-49-46-54(42-10-2-4-12-44(42)56-46)30-8-6-28-52-34-22-40(23-35-52)15-14-38-18-26-48-27-19-38/h2-5,10-13,18-27,32-37H,6-9,28-31H2,1H3/q+3/p+1/b49-46-,50-47-. The topological polar surface area (TPSA) is 86.6 Å². The fourth-order valence-electron chi connectivity index (χ4n) is 6.56. The number of para-hydroxylation sites is 4. The number of hydrogen-bond donors (Lipinski definition) is 0. The summed E-state index contributed by atoms with van der Waals surface area (Å²) in [5, 5.41) is 9.30. The number of oxazole rings is 2. The Labute approximate surface area is 331 Å². The molecular weight excluding hydrogens is 709 g/mol. The molecule has 0 radical (unpaired) electrons. The van der Waals surface area contributed by atoms with Gasteiger partial charge in [-0.15, -0.1) is 0 Å². The van der Waals surface area contributed by atoms with E-state index in [1.165, 1.54) is 0 Å². The van der Waals surface area contributed by atoms with Crippen molar-refractivity contribution in [1.29, 1.82) is 0 Å². The van der Waals surface area contributed by atoms with Gasteiger partial charge in [0.1, 0.15) is 20.1 Å². The molecule has 8 rings (SSSR count).